The lowest BCUT2D eigenvalue weighted by Gasteiger charge is -2.41. The lowest BCUT2D eigenvalue weighted by Crippen LogP contribution is -2.47. The van der Waals surface area contributed by atoms with Gasteiger partial charge < -0.3 is 14.6 Å². The second kappa shape index (κ2) is 7.22. The number of carboxylic acid groups (broad SMARTS) is 1. The topological polar surface area (TPSA) is 89.7 Å². The van der Waals surface area contributed by atoms with Crippen LogP contribution in [0.25, 0.3) is 0 Å². The first kappa shape index (κ1) is 17.3. The summed E-state index contributed by atoms with van der Waals surface area (Å²) < 4.78 is 13.3. The summed E-state index contributed by atoms with van der Waals surface area (Å²) in [6.45, 7) is 2.43. The van der Waals surface area contributed by atoms with Gasteiger partial charge in [0.1, 0.15) is 5.75 Å². The number of nitrogens with zero attached hydrogens (tertiary/aromatic N) is 4. The molecule has 26 heavy (non-hydrogen) atoms. The highest BCUT2D eigenvalue weighted by Gasteiger charge is 2.36. The van der Waals surface area contributed by atoms with Gasteiger partial charge in [-0.05, 0) is 24.6 Å². The zero-order valence-corrected chi connectivity index (χ0v) is 14.8. The Bertz CT molecular complexity index is 812. The normalized spacial score (nSPS) is 22.5. The molecule has 0 amide bonds. The van der Waals surface area contributed by atoms with Crippen LogP contribution in [0.15, 0.2) is 24.4 Å². The van der Waals surface area contributed by atoms with Crippen molar-refractivity contribution in [3.63, 3.8) is 0 Å². The van der Waals surface area contributed by atoms with E-state index in [2.05, 4.69) is 15.2 Å². The molecule has 2 aliphatic heterocycles. The van der Waals surface area contributed by atoms with Crippen molar-refractivity contribution >= 4 is 17.6 Å². The lowest BCUT2D eigenvalue weighted by molar-refractivity contribution is -0.139. The number of hydrogen-bond acceptors (Lipinski definition) is 6. The number of carbonyl (C=O) groups is 1. The van der Waals surface area contributed by atoms with E-state index >= 15 is 0 Å². The van der Waals surface area contributed by atoms with E-state index in [1.165, 1.54) is 0 Å². The molecule has 0 spiro atoms. The molecule has 1 fully saturated rings. The third-order valence-electron chi connectivity index (χ3n) is 4.78. The Morgan fingerprint density at radius 1 is 1.46 bits per heavy atom. The van der Waals surface area contributed by atoms with Crippen molar-refractivity contribution in [3.05, 3.63) is 40.7 Å². The maximum atomic E-state index is 10.8. The van der Waals surface area contributed by atoms with E-state index in [9.17, 15) is 4.79 Å². The lowest BCUT2D eigenvalue weighted by atomic mass is 9.99. The van der Waals surface area contributed by atoms with Crippen LogP contribution < -0.4 is 4.74 Å². The van der Waals surface area contributed by atoms with Crippen LogP contribution in [0.1, 0.15) is 23.7 Å². The summed E-state index contributed by atoms with van der Waals surface area (Å²) in [7, 11) is 0. The third kappa shape index (κ3) is 3.53. The third-order valence-corrected chi connectivity index (χ3v) is 5.02. The van der Waals surface area contributed by atoms with Crippen molar-refractivity contribution in [1.82, 2.24) is 19.9 Å². The predicted molar refractivity (Wildman–Crippen MR) is 92.1 cm³/mol. The van der Waals surface area contributed by atoms with Crippen molar-refractivity contribution in [3.8, 4) is 5.75 Å². The number of aliphatic carboxylic acids is 1. The smallest absolute Gasteiger partial charge is 0.341 e. The molecule has 0 bridgehead atoms. The highest BCUT2D eigenvalue weighted by Crippen LogP contribution is 2.32. The molecule has 0 unspecified atom stereocenters. The summed E-state index contributed by atoms with van der Waals surface area (Å²) in [6.07, 6.45) is 2.78. The second-order valence-electron chi connectivity index (χ2n) is 6.54. The van der Waals surface area contributed by atoms with Crippen molar-refractivity contribution in [1.29, 1.82) is 0 Å². The van der Waals surface area contributed by atoms with Crippen molar-refractivity contribution in [2.45, 2.75) is 31.7 Å². The van der Waals surface area contributed by atoms with Crippen LogP contribution in [-0.2, 0) is 22.7 Å². The summed E-state index contributed by atoms with van der Waals surface area (Å²) >= 11 is 6.13. The molecule has 2 atom stereocenters. The molecule has 8 nitrogen and oxygen atoms in total. The number of likely N-dealkylation sites (tertiary alicyclic amines) is 1. The SMILES string of the molecule is O=C(O)COc1ccc(Cl)cc1CN1CC[C@@H]2OCc3cnnn3[C@@H]2C1. The van der Waals surface area contributed by atoms with E-state index in [4.69, 9.17) is 26.2 Å². The van der Waals surface area contributed by atoms with Crippen LogP contribution >= 0.6 is 11.6 Å². The van der Waals surface area contributed by atoms with E-state index in [-0.39, 0.29) is 18.8 Å². The van der Waals surface area contributed by atoms with Gasteiger partial charge in [0.2, 0.25) is 0 Å². The van der Waals surface area contributed by atoms with Gasteiger partial charge in [0.15, 0.2) is 6.61 Å². The van der Waals surface area contributed by atoms with Gasteiger partial charge >= 0.3 is 5.97 Å². The summed E-state index contributed by atoms with van der Waals surface area (Å²) in [5.41, 5.74) is 1.86. The van der Waals surface area contributed by atoms with Gasteiger partial charge in [-0.1, -0.05) is 16.8 Å². The van der Waals surface area contributed by atoms with Crippen LogP contribution in [0.4, 0.5) is 0 Å². The molecule has 3 heterocycles. The minimum absolute atomic E-state index is 0.123. The first-order valence-electron chi connectivity index (χ1n) is 8.46. The number of aromatic nitrogens is 3. The molecule has 138 valence electrons. The number of piperidine rings is 1. The molecular formula is C17H19ClN4O4. The first-order valence-corrected chi connectivity index (χ1v) is 8.84. The highest BCUT2D eigenvalue weighted by atomic mass is 35.5. The summed E-state index contributed by atoms with van der Waals surface area (Å²) in [5, 5.41) is 17.7. The number of carboxylic acids is 1. The average Bonchev–Trinajstić information content (AvgIpc) is 3.10. The summed E-state index contributed by atoms with van der Waals surface area (Å²) in [4.78, 5) is 13.1. The molecule has 0 aliphatic carbocycles. The standard InChI is InChI=1S/C17H19ClN4O4/c18-12-1-2-15(26-10-17(23)24)11(5-12)7-21-4-3-16-14(8-21)22-13(9-25-16)6-19-20-22/h1-2,5-6,14,16H,3-4,7-10H2,(H,23,24)/t14-,16+/m1/s1. The zero-order chi connectivity index (χ0) is 18.1. The molecule has 1 aromatic heterocycles. The number of ether oxygens (including phenoxy) is 2. The zero-order valence-electron chi connectivity index (χ0n) is 14.0. The predicted octanol–water partition coefficient (Wildman–Crippen LogP) is 1.74. The highest BCUT2D eigenvalue weighted by molar-refractivity contribution is 6.30. The number of halogens is 1. The van der Waals surface area contributed by atoms with Gasteiger partial charge in [-0.25, -0.2) is 9.48 Å². The molecule has 9 heteroatoms. The van der Waals surface area contributed by atoms with Crippen molar-refractivity contribution < 1.29 is 19.4 Å². The van der Waals surface area contributed by atoms with E-state index in [1.54, 1.807) is 18.3 Å². The number of hydrogen-bond donors (Lipinski definition) is 1. The molecule has 4 rings (SSSR count). The summed E-state index contributed by atoms with van der Waals surface area (Å²) in [5.74, 6) is -0.468. The van der Waals surface area contributed by atoms with E-state index in [0.29, 0.717) is 23.9 Å². The Labute approximate surface area is 155 Å². The van der Waals surface area contributed by atoms with Crippen LogP contribution in [-0.4, -0.2) is 56.8 Å². The van der Waals surface area contributed by atoms with Gasteiger partial charge in [-0.15, -0.1) is 5.10 Å². The summed E-state index contributed by atoms with van der Waals surface area (Å²) in [6, 6.07) is 5.36. The minimum Gasteiger partial charge on any atom is -0.482 e. The molecule has 2 aliphatic rings. The van der Waals surface area contributed by atoms with E-state index in [0.717, 1.165) is 30.8 Å². The van der Waals surface area contributed by atoms with Gasteiger partial charge in [0, 0.05) is 30.2 Å². The van der Waals surface area contributed by atoms with Gasteiger partial charge in [0.25, 0.3) is 0 Å². The van der Waals surface area contributed by atoms with Crippen LogP contribution in [0, 0.1) is 0 Å². The molecular weight excluding hydrogens is 360 g/mol. The monoisotopic (exact) mass is 378 g/mol. The quantitative estimate of drug-likeness (QED) is 0.847. The first-order chi connectivity index (χ1) is 12.6. The second-order valence-corrected chi connectivity index (χ2v) is 6.98. The van der Waals surface area contributed by atoms with E-state index in [1.807, 2.05) is 10.7 Å². The Balaban J connectivity index is 1.50. The molecule has 0 saturated carbocycles. The van der Waals surface area contributed by atoms with Crippen LogP contribution in [0.5, 0.6) is 5.75 Å². The molecule has 1 saturated heterocycles. The van der Waals surface area contributed by atoms with Gasteiger partial charge in [0.05, 0.1) is 30.6 Å². The largest absolute Gasteiger partial charge is 0.482 e. The fraction of sp³-hybridized carbons (Fsp3) is 0.471. The van der Waals surface area contributed by atoms with E-state index < -0.39 is 5.97 Å². The van der Waals surface area contributed by atoms with Gasteiger partial charge in [-0.3, -0.25) is 4.90 Å². The molecule has 1 N–H and O–H groups in total. The average molecular weight is 379 g/mol. The molecule has 1 aromatic carbocycles. The fourth-order valence-electron chi connectivity index (χ4n) is 3.58. The number of fused-ring (bicyclic) bond motifs is 3. The van der Waals surface area contributed by atoms with Crippen LogP contribution in [0.3, 0.4) is 0 Å². The molecule has 2 aromatic rings. The fourth-order valence-corrected chi connectivity index (χ4v) is 3.78. The Morgan fingerprint density at radius 2 is 2.35 bits per heavy atom. The maximum absolute atomic E-state index is 10.8. The van der Waals surface area contributed by atoms with Gasteiger partial charge in [-0.2, -0.15) is 0 Å². The van der Waals surface area contributed by atoms with Crippen molar-refractivity contribution in [2.24, 2.45) is 0 Å². The Kier molecular flexibility index (Phi) is 4.80. The minimum atomic E-state index is -1.01. The maximum Gasteiger partial charge on any atom is 0.341 e. The molecule has 0 radical (unpaired) electrons. The Morgan fingerprint density at radius 3 is 3.19 bits per heavy atom. The number of rotatable bonds is 5. The number of benzene rings is 1. The Hall–Kier alpha value is -2.16. The van der Waals surface area contributed by atoms with Crippen LogP contribution in [0.2, 0.25) is 5.02 Å². The van der Waals surface area contributed by atoms with Crippen molar-refractivity contribution in [2.75, 3.05) is 19.7 Å².